The first kappa shape index (κ1) is 9.69. The van der Waals surface area contributed by atoms with E-state index in [0.717, 1.165) is 0 Å². The van der Waals surface area contributed by atoms with Gasteiger partial charge in [-0.05, 0) is 12.5 Å². The zero-order valence-corrected chi connectivity index (χ0v) is 6.97. The van der Waals surface area contributed by atoms with Gasteiger partial charge < -0.3 is 10.0 Å². The van der Waals surface area contributed by atoms with E-state index in [1.54, 1.807) is 13.0 Å². The van der Waals surface area contributed by atoms with Crippen LogP contribution in [0.3, 0.4) is 0 Å². The first-order valence-electron chi connectivity index (χ1n) is 3.63. The quantitative estimate of drug-likeness (QED) is 0.368. The van der Waals surface area contributed by atoms with E-state index < -0.39 is 12.0 Å². The molecule has 68 valence electrons. The smallest absolute Gasteiger partial charge is 0.423 e. The van der Waals surface area contributed by atoms with Crippen molar-refractivity contribution in [3.63, 3.8) is 0 Å². The topological polar surface area (TPSA) is 83.6 Å². The highest BCUT2D eigenvalue weighted by atomic mass is 16.6. The minimum Gasteiger partial charge on any atom is -0.423 e. The van der Waals surface area contributed by atoms with Crippen LogP contribution in [0, 0.1) is 17.0 Å². The van der Waals surface area contributed by atoms with Crippen molar-refractivity contribution in [2.24, 2.45) is 0 Å². The van der Waals surface area contributed by atoms with Gasteiger partial charge in [0.2, 0.25) is 0 Å². The van der Waals surface area contributed by atoms with Crippen LogP contribution in [-0.4, -0.2) is 22.1 Å². The van der Waals surface area contributed by atoms with Crippen molar-refractivity contribution in [3.8, 4) is 0 Å². The van der Waals surface area contributed by atoms with E-state index in [2.05, 4.69) is 0 Å². The molecule has 0 fully saturated rings. The van der Waals surface area contributed by atoms with Gasteiger partial charge in [-0.1, -0.05) is 12.1 Å². The van der Waals surface area contributed by atoms with Gasteiger partial charge in [-0.2, -0.15) is 0 Å². The van der Waals surface area contributed by atoms with E-state index in [9.17, 15) is 10.1 Å². The summed E-state index contributed by atoms with van der Waals surface area (Å²) in [6, 6.07) is 4.22. The van der Waals surface area contributed by atoms with Crippen LogP contribution < -0.4 is 5.46 Å². The van der Waals surface area contributed by atoms with Crippen molar-refractivity contribution >= 4 is 18.3 Å². The lowest BCUT2D eigenvalue weighted by Crippen LogP contribution is -2.31. The molecule has 0 saturated carbocycles. The zero-order chi connectivity index (χ0) is 10.0. The van der Waals surface area contributed by atoms with Gasteiger partial charge in [0, 0.05) is 6.07 Å². The molecule has 0 aliphatic rings. The zero-order valence-electron chi connectivity index (χ0n) is 6.97. The Bertz CT molecular complexity index is 339. The SMILES string of the molecule is Cc1ccc(B(O)O)c([N+](=O)[O-])c1. The first-order chi connectivity index (χ1) is 6.02. The van der Waals surface area contributed by atoms with Gasteiger partial charge in [0.15, 0.2) is 0 Å². The fraction of sp³-hybridized carbons (Fsp3) is 0.143. The summed E-state index contributed by atoms with van der Waals surface area (Å²) >= 11 is 0. The number of nitro groups is 1. The molecule has 0 radical (unpaired) electrons. The summed E-state index contributed by atoms with van der Waals surface area (Å²) in [4.78, 5) is 9.82. The Hall–Kier alpha value is -1.40. The van der Waals surface area contributed by atoms with Gasteiger partial charge in [-0.15, -0.1) is 0 Å². The molecule has 0 bridgehead atoms. The van der Waals surface area contributed by atoms with Crippen LogP contribution >= 0.6 is 0 Å². The second-order valence-electron chi connectivity index (χ2n) is 2.69. The second kappa shape index (κ2) is 3.55. The highest BCUT2D eigenvalue weighted by Crippen LogP contribution is 2.10. The minimum atomic E-state index is -1.80. The van der Waals surface area contributed by atoms with Gasteiger partial charge in [-0.3, -0.25) is 10.1 Å². The number of hydrogen-bond acceptors (Lipinski definition) is 4. The summed E-state index contributed by atoms with van der Waals surface area (Å²) in [5.41, 5.74) is 0.349. The number of hydrogen-bond donors (Lipinski definition) is 2. The van der Waals surface area contributed by atoms with E-state index in [1.165, 1.54) is 12.1 Å². The van der Waals surface area contributed by atoms with Crippen LogP contribution in [0.5, 0.6) is 0 Å². The summed E-state index contributed by atoms with van der Waals surface area (Å²) in [7, 11) is -1.80. The molecule has 5 nitrogen and oxygen atoms in total. The lowest BCUT2D eigenvalue weighted by Gasteiger charge is -2.01. The van der Waals surface area contributed by atoms with Crippen molar-refractivity contribution in [2.75, 3.05) is 0 Å². The normalized spacial score (nSPS) is 9.77. The maximum absolute atomic E-state index is 10.5. The van der Waals surface area contributed by atoms with Crippen LogP contribution in [0.4, 0.5) is 5.69 Å². The first-order valence-corrected chi connectivity index (χ1v) is 3.63. The summed E-state index contributed by atoms with van der Waals surface area (Å²) in [5.74, 6) is 0. The third kappa shape index (κ3) is 2.04. The second-order valence-corrected chi connectivity index (χ2v) is 2.69. The molecule has 2 N–H and O–H groups in total. The van der Waals surface area contributed by atoms with Crippen LogP contribution in [0.25, 0.3) is 0 Å². The minimum absolute atomic E-state index is 0.0874. The molecule has 13 heavy (non-hydrogen) atoms. The van der Waals surface area contributed by atoms with Crippen LogP contribution in [0.15, 0.2) is 18.2 Å². The Kier molecular flexibility index (Phi) is 2.65. The Morgan fingerprint density at radius 3 is 2.54 bits per heavy atom. The molecule has 0 heterocycles. The average Bonchev–Trinajstić information content (AvgIpc) is 2.03. The molecule has 0 amide bonds. The third-order valence-electron chi connectivity index (χ3n) is 1.66. The van der Waals surface area contributed by atoms with Crippen molar-refractivity contribution in [1.29, 1.82) is 0 Å². The molecule has 0 aliphatic carbocycles. The summed E-state index contributed by atoms with van der Waals surface area (Å²) in [6.45, 7) is 1.69. The molecule has 1 aromatic carbocycles. The van der Waals surface area contributed by atoms with E-state index in [0.29, 0.717) is 5.56 Å². The Morgan fingerprint density at radius 2 is 2.08 bits per heavy atom. The summed E-state index contributed by atoms with van der Waals surface area (Å²) in [5, 5.41) is 28.1. The number of benzene rings is 1. The van der Waals surface area contributed by atoms with Crippen LogP contribution in [0.2, 0.25) is 0 Å². The largest absolute Gasteiger partial charge is 0.495 e. The molecule has 0 aliphatic heterocycles. The van der Waals surface area contributed by atoms with Crippen LogP contribution in [0.1, 0.15) is 5.56 Å². The van der Waals surface area contributed by atoms with Crippen LogP contribution in [-0.2, 0) is 0 Å². The number of rotatable bonds is 2. The molecule has 0 atom stereocenters. The molecular weight excluding hydrogens is 173 g/mol. The van der Waals surface area contributed by atoms with Gasteiger partial charge in [-0.25, -0.2) is 0 Å². The van der Waals surface area contributed by atoms with E-state index in [-0.39, 0.29) is 11.2 Å². The average molecular weight is 181 g/mol. The molecule has 6 heteroatoms. The van der Waals surface area contributed by atoms with Gasteiger partial charge in [0.1, 0.15) is 0 Å². The lowest BCUT2D eigenvalue weighted by atomic mass is 9.78. The lowest BCUT2D eigenvalue weighted by molar-refractivity contribution is -0.383. The number of nitro benzene ring substituents is 1. The molecule has 0 saturated heterocycles. The molecule has 0 spiro atoms. The predicted molar refractivity (Wildman–Crippen MR) is 47.7 cm³/mol. The summed E-state index contributed by atoms with van der Waals surface area (Å²) in [6.07, 6.45) is 0. The van der Waals surface area contributed by atoms with E-state index >= 15 is 0 Å². The van der Waals surface area contributed by atoms with E-state index in [4.69, 9.17) is 10.0 Å². The van der Waals surface area contributed by atoms with Crippen molar-refractivity contribution in [1.82, 2.24) is 0 Å². The number of nitrogens with zero attached hydrogens (tertiary/aromatic N) is 1. The van der Waals surface area contributed by atoms with Crippen molar-refractivity contribution in [2.45, 2.75) is 6.92 Å². The fourth-order valence-corrected chi connectivity index (χ4v) is 1.03. The van der Waals surface area contributed by atoms with Gasteiger partial charge >= 0.3 is 7.12 Å². The Balaban J connectivity index is 3.27. The predicted octanol–water partition coefficient (Wildman–Crippen LogP) is -0.417. The highest BCUT2D eigenvalue weighted by Gasteiger charge is 2.23. The van der Waals surface area contributed by atoms with Crippen molar-refractivity contribution < 1.29 is 15.0 Å². The monoisotopic (exact) mass is 181 g/mol. The molecular formula is C7H8BNO4. The van der Waals surface area contributed by atoms with Gasteiger partial charge in [0.25, 0.3) is 5.69 Å². The maximum Gasteiger partial charge on any atom is 0.495 e. The molecule has 0 aromatic heterocycles. The van der Waals surface area contributed by atoms with E-state index in [1.807, 2.05) is 0 Å². The Labute approximate surface area is 74.9 Å². The third-order valence-corrected chi connectivity index (χ3v) is 1.66. The maximum atomic E-state index is 10.5. The number of aryl methyl sites for hydroxylation is 1. The van der Waals surface area contributed by atoms with Crippen molar-refractivity contribution in [3.05, 3.63) is 33.9 Å². The molecule has 1 aromatic rings. The highest BCUT2D eigenvalue weighted by molar-refractivity contribution is 6.60. The molecule has 0 unspecified atom stereocenters. The Morgan fingerprint density at radius 1 is 1.46 bits per heavy atom. The molecule has 1 rings (SSSR count). The standard InChI is InChI=1S/C7H8BNO4/c1-5-2-3-6(8(10)11)7(4-5)9(12)13/h2-4,10-11H,1H3. The fourth-order valence-electron chi connectivity index (χ4n) is 1.03. The van der Waals surface area contributed by atoms with Gasteiger partial charge in [0.05, 0.1) is 10.4 Å². The summed E-state index contributed by atoms with van der Waals surface area (Å²) < 4.78 is 0.